The van der Waals surface area contributed by atoms with E-state index in [0.717, 1.165) is 37.7 Å². The van der Waals surface area contributed by atoms with E-state index < -0.39 is 5.92 Å². The van der Waals surface area contributed by atoms with E-state index in [4.69, 9.17) is 5.10 Å². The lowest BCUT2D eigenvalue weighted by atomic mass is 9.94. The van der Waals surface area contributed by atoms with Crippen molar-refractivity contribution in [2.45, 2.75) is 64.1 Å². The molecule has 0 spiro atoms. The highest BCUT2D eigenvalue weighted by Gasteiger charge is 2.34. The van der Waals surface area contributed by atoms with Gasteiger partial charge in [0.2, 0.25) is 0 Å². The Morgan fingerprint density at radius 2 is 1.92 bits per heavy atom. The molecule has 1 saturated heterocycles. The number of likely N-dealkylation sites (tertiary alicyclic amines) is 1. The maximum atomic E-state index is 13.3. The molecule has 1 atom stereocenters. The van der Waals surface area contributed by atoms with E-state index in [0.29, 0.717) is 19.6 Å². The summed E-state index contributed by atoms with van der Waals surface area (Å²) in [5.41, 5.74) is 2.32. The topological polar surface area (TPSA) is 24.3 Å². The third-order valence-electron chi connectivity index (χ3n) is 6.01. The molecule has 0 saturated carbocycles. The Balaban J connectivity index is 1.35. The average molecular weight is 364 g/mol. The summed E-state index contributed by atoms with van der Waals surface area (Å²) in [6.07, 6.45) is 9.45. The van der Waals surface area contributed by atoms with Crippen molar-refractivity contribution < 1.29 is 8.78 Å². The second kappa shape index (κ2) is 7.77. The van der Waals surface area contributed by atoms with Gasteiger partial charge in [-0.1, -0.05) is 12.2 Å². The van der Waals surface area contributed by atoms with Gasteiger partial charge in [0.25, 0.3) is 5.92 Å². The van der Waals surface area contributed by atoms with E-state index >= 15 is 0 Å². The number of aryl methyl sites for hydroxylation is 1. The van der Waals surface area contributed by atoms with Gasteiger partial charge in [-0.3, -0.25) is 14.5 Å². The normalized spacial score (nSPS) is 27.2. The SMILES string of the molecule is FC1(F)CCN(Cc2cc3n(n2)CCCN(C[C@@H]2CC=CCC2)C3)CC1. The highest BCUT2D eigenvalue weighted by Crippen LogP contribution is 2.28. The lowest BCUT2D eigenvalue weighted by molar-refractivity contribution is -0.0568. The standard InChI is InChI=1S/C20H30F2N4/c21-20(22)7-11-24(12-8-20)15-18-13-19-16-25(9-4-10-26(19)23-18)14-17-5-2-1-3-6-17/h1-2,13,17H,3-12,14-16H2/t17-/m1/s1. The van der Waals surface area contributed by atoms with Gasteiger partial charge in [-0.2, -0.15) is 5.10 Å². The zero-order chi connectivity index (χ0) is 18.0. The lowest BCUT2D eigenvalue weighted by Gasteiger charge is -2.31. The van der Waals surface area contributed by atoms with Gasteiger partial charge in [-0.15, -0.1) is 0 Å². The molecular formula is C20H30F2N4. The van der Waals surface area contributed by atoms with E-state index in [-0.39, 0.29) is 12.8 Å². The molecule has 3 heterocycles. The van der Waals surface area contributed by atoms with Gasteiger partial charge >= 0.3 is 0 Å². The Bertz CT molecular complexity index is 630. The Hall–Kier alpha value is -1.27. The summed E-state index contributed by atoms with van der Waals surface area (Å²) in [5.74, 6) is -1.69. The van der Waals surface area contributed by atoms with Gasteiger partial charge in [0.15, 0.2) is 0 Å². The predicted octanol–water partition coefficient (Wildman–Crippen LogP) is 3.68. The summed E-state index contributed by atoms with van der Waals surface area (Å²) < 4.78 is 28.8. The largest absolute Gasteiger partial charge is 0.297 e. The zero-order valence-electron chi connectivity index (χ0n) is 15.5. The Kier molecular flexibility index (Phi) is 5.41. The molecule has 6 heteroatoms. The van der Waals surface area contributed by atoms with Crippen LogP contribution in [-0.2, 0) is 19.6 Å². The number of piperidine rings is 1. The highest BCUT2D eigenvalue weighted by atomic mass is 19.3. The number of halogens is 2. The van der Waals surface area contributed by atoms with Crippen LogP contribution in [0.3, 0.4) is 0 Å². The van der Waals surface area contributed by atoms with Crippen LogP contribution in [0, 0.1) is 5.92 Å². The molecule has 0 unspecified atom stereocenters. The first-order chi connectivity index (χ1) is 12.6. The quantitative estimate of drug-likeness (QED) is 0.762. The number of hydrogen-bond donors (Lipinski definition) is 0. The smallest absolute Gasteiger partial charge is 0.250 e. The number of alkyl halides is 2. The highest BCUT2D eigenvalue weighted by molar-refractivity contribution is 5.12. The summed E-state index contributed by atoms with van der Waals surface area (Å²) in [4.78, 5) is 4.70. The van der Waals surface area contributed by atoms with Gasteiger partial charge in [-0.25, -0.2) is 8.78 Å². The average Bonchev–Trinajstić information content (AvgIpc) is 2.89. The first-order valence-electron chi connectivity index (χ1n) is 10.1. The van der Waals surface area contributed by atoms with Crippen LogP contribution < -0.4 is 0 Å². The fourth-order valence-corrected chi connectivity index (χ4v) is 4.48. The van der Waals surface area contributed by atoms with E-state index in [1.54, 1.807) is 0 Å². The lowest BCUT2D eigenvalue weighted by Crippen LogP contribution is -2.38. The van der Waals surface area contributed by atoms with Crippen molar-refractivity contribution in [3.05, 3.63) is 29.6 Å². The van der Waals surface area contributed by atoms with Crippen molar-refractivity contribution in [2.24, 2.45) is 5.92 Å². The fraction of sp³-hybridized carbons (Fsp3) is 0.750. The molecule has 1 fully saturated rings. The monoisotopic (exact) mass is 364 g/mol. The molecule has 26 heavy (non-hydrogen) atoms. The summed E-state index contributed by atoms with van der Waals surface area (Å²) in [5, 5.41) is 4.77. The summed E-state index contributed by atoms with van der Waals surface area (Å²) >= 11 is 0. The van der Waals surface area contributed by atoms with Crippen molar-refractivity contribution in [1.29, 1.82) is 0 Å². The molecule has 2 aliphatic heterocycles. The van der Waals surface area contributed by atoms with Crippen molar-refractivity contribution >= 4 is 0 Å². The molecule has 1 aromatic heterocycles. The van der Waals surface area contributed by atoms with Crippen LogP contribution in [0.4, 0.5) is 8.78 Å². The molecule has 4 rings (SSSR count). The maximum absolute atomic E-state index is 13.3. The molecule has 4 nitrogen and oxygen atoms in total. The number of nitrogens with zero attached hydrogens (tertiary/aromatic N) is 4. The van der Waals surface area contributed by atoms with Gasteiger partial charge < -0.3 is 0 Å². The van der Waals surface area contributed by atoms with Crippen molar-refractivity contribution in [3.63, 3.8) is 0 Å². The number of rotatable bonds is 4. The Labute approximate surface area is 154 Å². The summed E-state index contributed by atoms with van der Waals surface area (Å²) in [7, 11) is 0. The van der Waals surface area contributed by atoms with E-state index in [1.807, 2.05) is 0 Å². The molecule has 0 N–H and O–H groups in total. The first-order valence-corrected chi connectivity index (χ1v) is 10.1. The fourth-order valence-electron chi connectivity index (χ4n) is 4.48. The van der Waals surface area contributed by atoms with Gasteiger partial charge in [0.05, 0.1) is 11.4 Å². The predicted molar refractivity (Wildman–Crippen MR) is 98.1 cm³/mol. The minimum Gasteiger partial charge on any atom is -0.297 e. The van der Waals surface area contributed by atoms with Crippen molar-refractivity contribution in [2.75, 3.05) is 26.2 Å². The van der Waals surface area contributed by atoms with Crippen LogP contribution in [0.1, 0.15) is 49.9 Å². The van der Waals surface area contributed by atoms with Crippen molar-refractivity contribution in [3.8, 4) is 0 Å². The van der Waals surface area contributed by atoms with E-state index in [2.05, 4.69) is 32.7 Å². The van der Waals surface area contributed by atoms with Crippen molar-refractivity contribution in [1.82, 2.24) is 19.6 Å². The first kappa shape index (κ1) is 18.1. The third-order valence-corrected chi connectivity index (χ3v) is 6.01. The summed E-state index contributed by atoms with van der Waals surface area (Å²) in [6, 6.07) is 2.20. The second-order valence-corrected chi connectivity index (χ2v) is 8.22. The molecule has 0 bridgehead atoms. The van der Waals surface area contributed by atoms with Gasteiger partial charge in [0, 0.05) is 58.7 Å². The molecule has 144 valence electrons. The molecular weight excluding hydrogens is 334 g/mol. The minimum absolute atomic E-state index is 0.0236. The molecule has 0 amide bonds. The number of aromatic nitrogens is 2. The zero-order valence-corrected chi connectivity index (χ0v) is 15.5. The third kappa shape index (κ3) is 4.52. The van der Waals surface area contributed by atoms with Crippen LogP contribution >= 0.6 is 0 Å². The summed E-state index contributed by atoms with van der Waals surface area (Å²) in [6.45, 7) is 5.88. The Morgan fingerprint density at radius 3 is 2.69 bits per heavy atom. The van der Waals surface area contributed by atoms with Crippen LogP contribution in [-0.4, -0.2) is 51.7 Å². The van der Waals surface area contributed by atoms with Gasteiger partial charge in [-0.05, 0) is 37.7 Å². The Morgan fingerprint density at radius 1 is 1.08 bits per heavy atom. The molecule has 0 radical (unpaired) electrons. The maximum Gasteiger partial charge on any atom is 0.250 e. The van der Waals surface area contributed by atoms with Crippen LogP contribution in [0.15, 0.2) is 18.2 Å². The van der Waals surface area contributed by atoms with Crippen LogP contribution in [0.25, 0.3) is 0 Å². The number of allylic oxidation sites excluding steroid dienone is 2. The van der Waals surface area contributed by atoms with Gasteiger partial charge in [0.1, 0.15) is 0 Å². The minimum atomic E-state index is -2.48. The van der Waals surface area contributed by atoms with E-state index in [1.165, 1.54) is 31.5 Å². The van der Waals surface area contributed by atoms with Crippen LogP contribution in [0.2, 0.25) is 0 Å². The molecule has 0 aromatic carbocycles. The number of hydrogen-bond acceptors (Lipinski definition) is 3. The number of fused-ring (bicyclic) bond motifs is 1. The van der Waals surface area contributed by atoms with Crippen LogP contribution in [0.5, 0.6) is 0 Å². The molecule has 3 aliphatic rings. The molecule has 1 aromatic rings. The second-order valence-electron chi connectivity index (χ2n) is 8.22. The van der Waals surface area contributed by atoms with E-state index in [9.17, 15) is 8.78 Å². The molecule has 1 aliphatic carbocycles.